The molecule has 1 aliphatic rings. The number of hydrogen-bond acceptors (Lipinski definition) is 4. The number of rotatable bonds is 6. The fourth-order valence-electron chi connectivity index (χ4n) is 2.62. The van der Waals surface area contributed by atoms with Crippen molar-refractivity contribution >= 4 is 10.0 Å². The number of sulfonamides is 1. The van der Waals surface area contributed by atoms with Crippen LogP contribution in [0.4, 0.5) is 0 Å². The van der Waals surface area contributed by atoms with E-state index in [1.165, 1.54) is 0 Å². The van der Waals surface area contributed by atoms with Crippen LogP contribution in [0, 0.1) is 0 Å². The molecule has 0 amide bonds. The normalized spacial score (nSPS) is 20.2. The van der Waals surface area contributed by atoms with Crippen LogP contribution in [0.15, 0.2) is 29.2 Å². The smallest absolute Gasteiger partial charge is 0.243 e. The van der Waals surface area contributed by atoms with Gasteiger partial charge in [0.15, 0.2) is 0 Å². The van der Waals surface area contributed by atoms with Gasteiger partial charge in [0.1, 0.15) is 5.75 Å². The van der Waals surface area contributed by atoms with Gasteiger partial charge in [0, 0.05) is 19.2 Å². The Kier molecular flexibility index (Phi) is 5.01. The quantitative estimate of drug-likeness (QED) is 0.867. The molecule has 0 radical (unpaired) electrons. The molecule has 1 saturated heterocycles. The number of aliphatic hydroxyl groups excluding tert-OH is 1. The van der Waals surface area contributed by atoms with Crippen LogP contribution < -0.4 is 4.74 Å². The zero-order valence-electron chi connectivity index (χ0n) is 11.7. The number of benzene rings is 1. The summed E-state index contributed by atoms with van der Waals surface area (Å²) in [6.45, 7) is 0.664. The molecule has 20 heavy (non-hydrogen) atoms. The minimum atomic E-state index is -3.45. The van der Waals surface area contributed by atoms with Gasteiger partial charge in [-0.25, -0.2) is 8.42 Å². The highest BCUT2D eigenvalue weighted by Crippen LogP contribution is 2.29. The van der Waals surface area contributed by atoms with E-state index in [2.05, 4.69) is 0 Å². The zero-order valence-corrected chi connectivity index (χ0v) is 12.5. The van der Waals surface area contributed by atoms with Gasteiger partial charge < -0.3 is 9.84 Å². The largest absolute Gasteiger partial charge is 0.497 e. The van der Waals surface area contributed by atoms with E-state index in [9.17, 15) is 8.42 Å². The molecule has 0 aromatic heterocycles. The summed E-state index contributed by atoms with van der Waals surface area (Å²) in [5.74, 6) is 0.641. The SMILES string of the molecule is COc1ccc(S(=O)(=O)N2CCCC2CCCO)cc1. The molecule has 1 aliphatic heterocycles. The molecule has 1 N–H and O–H groups in total. The average Bonchev–Trinajstić information content (AvgIpc) is 2.94. The van der Waals surface area contributed by atoms with E-state index < -0.39 is 10.0 Å². The molecule has 1 atom stereocenters. The van der Waals surface area contributed by atoms with Gasteiger partial charge in [-0.1, -0.05) is 0 Å². The van der Waals surface area contributed by atoms with Gasteiger partial charge in [0.2, 0.25) is 10.0 Å². The summed E-state index contributed by atoms with van der Waals surface area (Å²) in [4.78, 5) is 0.300. The van der Waals surface area contributed by atoms with E-state index in [1.807, 2.05) is 0 Å². The van der Waals surface area contributed by atoms with Crippen LogP contribution in [0.2, 0.25) is 0 Å². The third kappa shape index (κ3) is 3.13. The Morgan fingerprint density at radius 1 is 1.35 bits per heavy atom. The first kappa shape index (κ1) is 15.3. The number of hydrogen-bond donors (Lipinski definition) is 1. The summed E-state index contributed by atoms with van der Waals surface area (Å²) >= 11 is 0. The predicted octanol–water partition coefficient (Wildman–Crippen LogP) is 1.62. The van der Waals surface area contributed by atoms with Crippen molar-refractivity contribution in [1.29, 1.82) is 0 Å². The maximum atomic E-state index is 12.6. The van der Waals surface area contributed by atoms with Crippen LogP contribution in [0.5, 0.6) is 5.75 Å². The van der Waals surface area contributed by atoms with Crippen molar-refractivity contribution in [3.63, 3.8) is 0 Å². The van der Waals surface area contributed by atoms with E-state index in [1.54, 1.807) is 35.7 Å². The summed E-state index contributed by atoms with van der Waals surface area (Å²) in [7, 11) is -1.90. The minimum Gasteiger partial charge on any atom is -0.497 e. The van der Waals surface area contributed by atoms with Gasteiger partial charge >= 0.3 is 0 Å². The molecule has 112 valence electrons. The third-order valence-electron chi connectivity index (χ3n) is 3.68. The van der Waals surface area contributed by atoms with Gasteiger partial charge in [-0.05, 0) is 49.9 Å². The van der Waals surface area contributed by atoms with Crippen LogP contribution in [0.3, 0.4) is 0 Å². The highest BCUT2D eigenvalue weighted by Gasteiger charge is 2.34. The summed E-state index contributed by atoms with van der Waals surface area (Å²) in [5, 5.41) is 8.91. The lowest BCUT2D eigenvalue weighted by Gasteiger charge is -2.24. The van der Waals surface area contributed by atoms with Gasteiger partial charge in [0.05, 0.1) is 12.0 Å². The molecular formula is C14H21NO4S. The molecule has 0 saturated carbocycles. The second-order valence-corrected chi connectivity index (χ2v) is 6.84. The summed E-state index contributed by atoms with van der Waals surface area (Å²) < 4.78 is 31.9. The first-order chi connectivity index (χ1) is 9.59. The maximum Gasteiger partial charge on any atom is 0.243 e. The Morgan fingerprint density at radius 3 is 2.65 bits per heavy atom. The van der Waals surface area contributed by atoms with E-state index in [-0.39, 0.29) is 12.6 Å². The minimum absolute atomic E-state index is 0.00857. The predicted molar refractivity (Wildman–Crippen MR) is 76.2 cm³/mol. The fourth-order valence-corrected chi connectivity index (χ4v) is 4.35. The fraction of sp³-hybridized carbons (Fsp3) is 0.571. The number of nitrogens with zero attached hydrogens (tertiary/aromatic N) is 1. The number of methoxy groups -OCH3 is 1. The molecule has 2 rings (SSSR count). The first-order valence-electron chi connectivity index (χ1n) is 6.86. The molecule has 0 bridgehead atoms. The maximum absolute atomic E-state index is 12.6. The van der Waals surface area contributed by atoms with Gasteiger partial charge in [-0.15, -0.1) is 0 Å². The topological polar surface area (TPSA) is 66.8 Å². The zero-order chi connectivity index (χ0) is 14.6. The van der Waals surface area contributed by atoms with Crippen molar-refractivity contribution in [2.75, 3.05) is 20.3 Å². The van der Waals surface area contributed by atoms with Crippen molar-refractivity contribution < 1.29 is 18.3 Å². The third-order valence-corrected chi connectivity index (χ3v) is 5.65. The number of aliphatic hydroxyl groups is 1. The first-order valence-corrected chi connectivity index (χ1v) is 8.30. The molecule has 1 fully saturated rings. The lowest BCUT2D eigenvalue weighted by atomic mass is 10.1. The molecule has 0 aliphatic carbocycles. The Labute approximate surface area is 120 Å². The highest BCUT2D eigenvalue weighted by molar-refractivity contribution is 7.89. The van der Waals surface area contributed by atoms with E-state index >= 15 is 0 Å². The Bertz CT molecular complexity index is 527. The van der Waals surface area contributed by atoms with E-state index in [0.717, 1.165) is 12.8 Å². The summed E-state index contributed by atoms with van der Waals surface area (Å²) in [6.07, 6.45) is 3.10. The van der Waals surface area contributed by atoms with Crippen LogP contribution in [0.25, 0.3) is 0 Å². The highest BCUT2D eigenvalue weighted by atomic mass is 32.2. The molecule has 1 aromatic carbocycles. The van der Waals surface area contributed by atoms with Crippen molar-refractivity contribution in [2.24, 2.45) is 0 Å². The molecular weight excluding hydrogens is 278 g/mol. The van der Waals surface area contributed by atoms with E-state index in [4.69, 9.17) is 9.84 Å². The van der Waals surface area contributed by atoms with Crippen LogP contribution >= 0.6 is 0 Å². The lowest BCUT2D eigenvalue weighted by molar-refractivity contribution is 0.264. The molecule has 1 unspecified atom stereocenters. The standard InChI is InChI=1S/C14H21NO4S/c1-19-13-6-8-14(9-7-13)20(17,18)15-10-2-4-12(15)5-3-11-16/h6-9,12,16H,2-5,10-11H2,1H3. The van der Waals surface area contributed by atoms with Gasteiger partial charge in [-0.3, -0.25) is 0 Å². The van der Waals surface area contributed by atoms with Crippen LogP contribution in [-0.2, 0) is 10.0 Å². The summed E-state index contributed by atoms with van der Waals surface area (Å²) in [6, 6.07) is 6.48. The lowest BCUT2D eigenvalue weighted by Crippen LogP contribution is -2.35. The van der Waals surface area contributed by atoms with Crippen LogP contribution in [-0.4, -0.2) is 44.1 Å². The Balaban J connectivity index is 2.19. The molecule has 1 heterocycles. The van der Waals surface area contributed by atoms with Gasteiger partial charge in [0.25, 0.3) is 0 Å². The van der Waals surface area contributed by atoms with Crippen molar-refractivity contribution in [1.82, 2.24) is 4.31 Å². The summed E-state index contributed by atoms with van der Waals surface area (Å²) in [5.41, 5.74) is 0. The van der Waals surface area contributed by atoms with Gasteiger partial charge in [-0.2, -0.15) is 4.31 Å². The molecule has 1 aromatic rings. The van der Waals surface area contributed by atoms with Crippen LogP contribution in [0.1, 0.15) is 25.7 Å². The molecule has 0 spiro atoms. The second kappa shape index (κ2) is 6.56. The molecule has 5 nitrogen and oxygen atoms in total. The molecule has 6 heteroatoms. The Hall–Kier alpha value is -1.11. The van der Waals surface area contributed by atoms with E-state index in [0.29, 0.717) is 30.0 Å². The van der Waals surface area contributed by atoms with Crippen molar-refractivity contribution in [3.05, 3.63) is 24.3 Å². The van der Waals surface area contributed by atoms with Crippen molar-refractivity contribution in [2.45, 2.75) is 36.6 Å². The Morgan fingerprint density at radius 2 is 2.05 bits per heavy atom. The second-order valence-electron chi connectivity index (χ2n) is 4.95. The monoisotopic (exact) mass is 299 g/mol. The number of ether oxygens (including phenoxy) is 1. The van der Waals surface area contributed by atoms with Crippen molar-refractivity contribution in [3.8, 4) is 5.75 Å². The average molecular weight is 299 g/mol.